The minimum atomic E-state index is 0.446. The van der Waals surface area contributed by atoms with Crippen LogP contribution in [0.4, 0.5) is 0 Å². The van der Waals surface area contributed by atoms with Crippen molar-refractivity contribution in [2.24, 2.45) is 0 Å². The van der Waals surface area contributed by atoms with Crippen molar-refractivity contribution < 1.29 is 0 Å². The zero-order valence-corrected chi connectivity index (χ0v) is 10.8. The molecule has 1 N–H and O–H groups in total. The van der Waals surface area contributed by atoms with E-state index < -0.39 is 0 Å². The maximum absolute atomic E-state index is 3.27. The molecule has 86 valence electrons. The first kappa shape index (κ1) is 11.6. The van der Waals surface area contributed by atoms with Crippen LogP contribution in [0, 0.1) is 0 Å². The van der Waals surface area contributed by atoms with Gasteiger partial charge in [-0.25, -0.2) is 0 Å². The first-order chi connectivity index (χ1) is 7.74. The number of nitrogens with zero attached hydrogens (tertiary/aromatic N) is 1. The van der Waals surface area contributed by atoms with Crippen molar-refractivity contribution in [3.8, 4) is 0 Å². The summed E-state index contributed by atoms with van der Waals surface area (Å²) in [6.07, 6.45) is 0. The molecule has 16 heavy (non-hydrogen) atoms. The SMILES string of the molecule is CNCC(c1csc2ccccc12)N(C)C. The maximum atomic E-state index is 3.27. The Bertz CT molecular complexity index is 462. The predicted molar refractivity (Wildman–Crippen MR) is 72.2 cm³/mol. The lowest BCUT2D eigenvalue weighted by atomic mass is 10.1. The highest BCUT2D eigenvalue weighted by Gasteiger charge is 2.16. The van der Waals surface area contributed by atoms with Gasteiger partial charge >= 0.3 is 0 Å². The summed E-state index contributed by atoms with van der Waals surface area (Å²) in [6, 6.07) is 9.07. The Morgan fingerprint density at radius 3 is 2.75 bits per heavy atom. The number of thiophene rings is 1. The van der Waals surface area contributed by atoms with E-state index in [1.807, 2.05) is 18.4 Å². The summed E-state index contributed by atoms with van der Waals surface area (Å²) in [5.41, 5.74) is 1.43. The average Bonchev–Trinajstić information content (AvgIpc) is 2.69. The van der Waals surface area contributed by atoms with Gasteiger partial charge < -0.3 is 10.2 Å². The molecule has 0 amide bonds. The van der Waals surface area contributed by atoms with Crippen LogP contribution in [0.5, 0.6) is 0 Å². The van der Waals surface area contributed by atoms with Crippen molar-refractivity contribution in [1.82, 2.24) is 10.2 Å². The van der Waals surface area contributed by atoms with Crippen LogP contribution in [0.1, 0.15) is 11.6 Å². The summed E-state index contributed by atoms with van der Waals surface area (Å²) in [5.74, 6) is 0. The molecule has 3 heteroatoms. The van der Waals surface area contributed by atoms with Gasteiger partial charge in [0.05, 0.1) is 0 Å². The van der Waals surface area contributed by atoms with Crippen LogP contribution in [0.25, 0.3) is 10.1 Å². The lowest BCUT2D eigenvalue weighted by Gasteiger charge is -2.23. The van der Waals surface area contributed by atoms with E-state index in [1.54, 1.807) is 0 Å². The van der Waals surface area contributed by atoms with E-state index in [2.05, 4.69) is 54.0 Å². The Morgan fingerprint density at radius 2 is 2.06 bits per heavy atom. The molecule has 2 nitrogen and oxygen atoms in total. The van der Waals surface area contributed by atoms with Crippen molar-refractivity contribution >= 4 is 21.4 Å². The molecule has 1 atom stereocenters. The standard InChI is InChI=1S/C13H18N2S/c1-14-8-12(15(2)3)11-9-16-13-7-5-4-6-10(11)13/h4-7,9,12,14H,8H2,1-3H3. The van der Waals surface area contributed by atoms with Crippen molar-refractivity contribution in [2.45, 2.75) is 6.04 Å². The van der Waals surface area contributed by atoms with Crippen molar-refractivity contribution in [2.75, 3.05) is 27.7 Å². The second kappa shape index (κ2) is 4.95. The third kappa shape index (κ3) is 2.12. The summed E-state index contributed by atoms with van der Waals surface area (Å²) in [5, 5.41) is 6.94. The Hall–Kier alpha value is -0.900. The number of likely N-dealkylation sites (N-methyl/N-ethyl adjacent to an activating group) is 2. The molecule has 0 saturated heterocycles. The fraction of sp³-hybridized carbons (Fsp3) is 0.385. The molecule has 0 fully saturated rings. The fourth-order valence-electron chi connectivity index (χ4n) is 2.02. The van der Waals surface area contributed by atoms with E-state index in [9.17, 15) is 0 Å². The van der Waals surface area contributed by atoms with Gasteiger partial charge in [0.25, 0.3) is 0 Å². The number of rotatable bonds is 4. The van der Waals surface area contributed by atoms with Gasteiger partial charge in [-0.15, -0.1) is 11.3 Å². The summed E-state index contributed by atoms with van der Waals surface area (Å²) in [7, 11) is 6.27. The van der Waals surface area contributed by atoms with E-state index in [1.165, 1.54) is 15.6 Å². The molecule has 0 aliphatic heterocycles. The number of benzene rings is 1. The van der Waals surface area contributed by atoms with E-state index in [0.29, 0.717) is 6.04 Å². The quantitative estimate of drug-likeness (QED) is 0.875. The highest BCUT2D eigenvalue weighted by Crippen LogP contribution is 2.31. The number of hydrogen-bond donors (Lipinski definition) is 1. The van der Waals surface area contributed by atoms with Gasteiger partial charge in [-0.2, -0.15) is 0 Å². The van der Waals surface area contributed by atoms with Crippen LogP contribution in [0.15, 0.2) is 29.6 Å². The summed E-state index contributed by atoms with van der Waals surface area (Å²) < 4.78 is 1.38. The molecule has 1 heterocycles. The van der Waals surface area contributed by atoms with Gasteiger partial charge in [-0.05, 0) is 43.5 Å². The highest BCUT2D eigenvalue weighted by atomic mass is 32.1. The zero-order chi connectivity index (χ0) is 11.5. The van der Waals surface area contributed by atoms with Crippen LogP contribution >= 0.6 is 11.3 Å². The summed E-state index contributed by atoms with van der Waals surface area (Å²) >= 11 is 1.83. The molecule has 2 rings (SSSR count). The average molecular weight is 234 g/mol. The zero-order valence-electron chi connectivity index (χ0n) is 10.0. The Kier molecular flexibility index (Phi) is 3.59. The third-order valence-corrected chi connectivity index (χ3v) is 3.87. The van der Waals surface area contributed by atoms with Gasteiger partial charge in [0, 0.05) is 17.3 Å². The lowest BCUT2D eigenvalue weighted by molar-refractivity contribution is 0.296. The van der Waals surface area contributed by atoms with Gasteiger partial charge in [-0.1, -0.05) is 18.2 Å². The second-order valence-electron chi connectivity index (χ2n) is 4.22. The minimum absolute atomic E-state index is 0.446. The monoisotopic (exact) mass is 234 g/mol. The first-order valence-corrected chi connectivity index (χ1v) is 6.39. The van der Waals surface area contributed by atoms with Gasteiger partial charge in [0.1, 0.15) is 0 Å². The molecule has 1 aromatic carbocycles. The molecular weight excluding hydrogens is 216 g/mol. The van der Waals surface area contributed by atoms with E-state index in [4.69, 9.17) is 0 Å². The van der Waals surface area contributed by atoms with Crippen molar-refractivity contribution in [3.05, 3.63) is 35.2 Å². The third-order valence-electron chi connectivity index (χ3n) is 2.89. The van der Waals surface area contributed by atoms with Crippen LogP contribution in [0.2, 0.25) is 0 Å². The second-order valence-corrected chi connectivity index (χ2v) is 5.14. The number of nitrogens with one attached hydrogen (secondary N) is 1. The lowest BCUT2D eigenvalue weighted by Crippen LogP contribution is -2.28. The van der Waals surface area contributed by atoms with Gasteiger partial charge in [-0.3, -0.25) is 0 Å². The smallest absolute Gasteiger partial charge is 0.0481 e. The van der Waals surface area contributed by atoms with Crippen LogP contribution < -0.4 is 5.32 Å². The largest absolute Gasteiger partial charge is 0.318 e. The van der Waals surface area contributed by atoms with E-state index in [-0.39, 0.29) is 0 Å². The molecule has 2 aromatic rings. The summed E-state index contributed by atoms with van der Waals surface area (Å²) in [6.45, 7) is 0.980. The van der Waals surface area contributed by atoms with Gasteiger partial charge in [0.2, 0.25) is 0 Å². The molecule has 0 radical (unpaired) electrons. The molecule has 0 saturated carbocycles. The first-order valence-electron chi connectivity index (χ1n) is 5.51. The normalized spacial score (nSPS) is 13.5. The molecular formula is C13H18N2S. The molecule has 0 bridgehead atoms. The minimum Gasteiger partial charge on any atom is -0.318 e. The Balaban J connectivity index is 2.44. The molecule has 0 aliphatic carbocycles. The van der Waals surface area contributed by atoms with Crippen molar-refractivity contribution in [1.29, 1.82) is 0 Å². The molecule has 1 unspecified atom stereocenters. The molecule has 0 spiro atoms. The van der Waals surface area contributed by atoms with Crippen LogP contribution in [-0.4, -0.2) is 32.6 Å². The maximum Gasteiger partial charge on any atom is 0.0481 e. The number of fused-ring (bicyclic) bond motifs is 1. The number of hydrogen-bond acceptors (Lipinski definition) is 3. The van der Waals surface area contributed by atoms with Crippen LogP contribution in [0.3, 0.4) is 0 Å². The molecule has 0 aliphatic rings. The fourth-order valence-corrected chi connectivity index (χ4v) is 3.03. The van der Waals surface area contributed by atoms with E-state index in [0.717, 1.165) is 6.54 Å². The van der Waals surface area contributed by atoms with E-state index >= 15 is 0 Å². The highest BCUT2D eigenvalue weighted by molar-refractivity contribution is 7.17. The van der Waals surface area contributed by atoms with Crippen LogP contribution in [-0.2, 0) is 0 Å². The molecule has 1 aromatic heterocycles. The Labute approximate surface area is 101 Å². The summed E-state index contributed by atoms with van der Waals surface area (Å²) in [4.78, 5) is 2.27. The van der Waals surface area contributed by atoms with Gasteiger partial charge in [0.15, 0.2) is 0 Å². The topological polar surface area (TPSA) is 15.3 Å². The predicted octanol–water partition coefficient (Wildman–Crippen LogP) is 2.72. The van der Waals surface area contributed by atoms with Crippen molar-refractivity contribution in [3.63, 3.8) is 0 Å². The Morgan fingerprint density at radius 1 is 1.31 bits per heavy atom.